The molecule has 0 aromatic heterocycles. The van der Waals surface area contributed by atoms with Gasteiger partial charge in [0, 0.05) is 13.1 Å². The van der Waals surface area contributed by atoms with E-state index in [-0.39, 0.29) is 5.41 Å². The summed E-state index contributed by atoms with van der Waals surface area (Å²) in [7, 11) is -1.55. The summed E-state index contributed by atoms with van der Waals surface area (Å²) in [6.07, 6.45) is 4.51. The molecule has 0 unspecified atom stereocenters. The largest absolute Gasteiger partial charge is 0.316 e. The SMILES string of the molecule is CCC1(CNS(=O)(=O)c2ccc(C)c(CNC)c2)CCC1. The maximum Gasteiger partial charge on any atom is 0.240 e. The first-order valence-corrected chi connectivity index (χ1v) is 9.14. The monoisotopic (exact) mass is 310 g/mol. The van der Waals surface area contributed by atoms with E-state index < -0.39 is 10.0 Å². The van der Waals surface area contributed by atoms with Crippen molar-refractivity contribution in [2.24, 2.45) is 5.41 Å². The van der Waals surface area contributed by atoms with E-state index in [1.165, 1.54) is 6.42 Å². The van der Waals surface area contributed by atoms with Crippen LogP contribution in [0.3, 0.4) is 0 Å². The Morgan fingerprint density at radius 1 is 1.29 bits per heavy atom. The third-order valence-electron chi connectivity index (χ3n) is 4.80. The zero-order chi connectivity index (χ0) is 15.5. The van der Waals surface area contributed by atoms with Crippen LogP contribution in [0.5, 0.6) is 0 Å². The van der Waals surface area contributed by atoms with Crippen molar-refractivity contribution in [1.82, 2.24) is 10.0 Å². The van der Waals surface area contributed by atoms with Gasteiger partial charge in [-0.3, -0.25) is 0 Å². The molecule has 1 aromatic carbocycles. The van der Waals surface area contributed by atoms with Crippen molar-refractivity contribution < 1.29 is 8.42 Å². The summed E-state index contributed by atoms with van der Waals surface area (Å²) in [6.45, 7) is 5.37. The predicted molar refractivity (Wildman–Crippen MR) is 85.7 cm³/mol. The molecule has 1 fully saturated rings. The zero-order valence-electron chi connectivity index (χ0n) is 13.2. The molecular formula is C16H26N2O2S. The maximum absolute atomic E-state index is 12.5. The van der Waals surface area contributed by atoms with Crippen molar-refractivity contribution in [3.05, 3.63) is 29.3 Å². The van der Waals surface area contributed by atoms with Gasteiger partial charge < -0.3 is 5.32 Å². The standard InChI is InChI=1S/C16H26N2O2S/c1-4-16(8-5-9-16)12-18-21(19,20)15-7-6-13(2)14(10-15)11-17-3/h6-7,10,17-18H,4-5,8-9,11-12H2,1-3H3. The second-order valence-electron chi connectivity index (χ2n) is 6.15. The van der Waals surface area contributed by atoms with Crippen LogP contribution in [0.2, 0.25) is 0 Å². The van der Waals surface area contributed by atoms with Crippen LogP contribution >= 0.6 is 0 Å². The summed E-state index contributed by atoms with van der Waals surface area (Å²) in [4.78, 5) is 0.365. The van der Waals surface area contributed by atoms with Gasteiger partial charge in [-0.15, -0.1) is 0 Å². The van der Waals surface area contributed by atoms with Gasteiger partial charge in [0.1, 0.15) is 0 Å². The molecule has 0 radical (unpaired) electrons. The molecule has 0 atom stereocenters. The highest BCUT2D eigenvalue weighted by Gasteiger charge is 2.36. The second kappa shape index (κ2) is 6.46. The minimum atomic E-state index is -3.42. The molecule has 0 saturated heterocycles. The van der Waals surface area contributed by atoms with Gasteiger partial charge in [0.15, 0.2) is 0 Å². The molecule has 118 valence electrons. The Hall–Kier alpha value is -0.910. The van der Waals surface area contributed by atoms with Crippen LogP contribution < -0.4 is 10.0 Å². The molecule has 5 heteroatoms. The zero-order valence-corrected chi connectivity index (χ0v) is 14.0. The first kappa shape index (κ1) is 16.5. The molecule has 1 aliphatic carbocycles. The number of hydrogen-bond acceptors (Lipinski definition) is 3. The molecule has 0 amide bonds. The van der Waals surface area contributed by atoms with Crippen molar-refractivity contribution in [1.29, 1.82) is 0 Å². The van der Waals surface area contributed by atoms with Crippen molar-refractivity contribution in [2.75, 3.05) is 13.6 Å². The fourth-order valence-electron chi connectivity index (χ4n) is 2.86. The van der Waals surface area contributed by atoms with Crippen LogP contribution in [0.15, 0.2) is 23.1 Å². The maximum atomic E-state index is 12.5. The Morgan fingerprint density at radius 2 is 2.00 bits per heavy atom. The third kappa shape index (κ3) is 3.65. The van der Waals surface area contributed by atoms with Gasteiger partial charge in [-0.25, -0.2) is 13.1 Å². The molecule has 0 bridgehead atoms. The molecule has 1 saturated carbocycles. The number of sulfonamides is 1. The molecule has 1 aromatic rings. The molecule has 0 aliphatic heterocycles. The highest BCUT2D eigenvalue weighted by molar-refractivity contribution is 7.89. The fraction of sp³-hybridized carbons (Fsp3) is 0.625. The normalized spacial score (nSPS) is 17.5. The first-order chi connectivity index (χ1) is 9.92. The summed E-state index contributed by atoms with van der Waals surface area (Å²) in [5.74, 6) is 0. The van der Waals surface area contributed by atoms with E-state index in [4.69, 9.17) is 0 Å². The second-order valence-corrected chi connectivity index (χ2v) is 7.92. The highest BCUT2D eigenvalue weighted by Crippen LogP contribution is 2.43. The Labute approximate surface area is 128 Å². The molecule has 0 spiro atoms. The van der Waals surface area contributed by atoms with E-state index >= 15 is 0 Å². The lowest BCUT2D eigenvalue weighted by Gasteiger charge is -2.41. The summed E-state index contributed by atoms with van der Waals surface area (Å²) in [6, 6.07) is 5.34. The first-order valence-electron chi connectivity index (χ1n) is 7.66. The lowest BCUT2D eigenvalue weighted by Crippen LogP contribution is -2.41. The van der Waals surface area contributed by atoms with E-state index in [9.17, 15) is 8.42 Å². The smallest absolute Gasteiger partial charge is 0.240 e. The quantitative estimate of drug-likeness (QED) is 0.814. The minimum absolute atomic E-state index is 0.186. The Balaban J connectivity index is 2.13. The van der Waals surface area contributed by atoms with Gasteiger partial charge in [0.2, 0.25) is 10.0 Å². The number of nitrogens with one attached hydrogen (secondary N) is 2. The van der Waals surface area contributed by atoms with Crippen LogP contribution in [-0.4, -0.2) is 22.0 Å². The predicted octanol–water partition coefficient (Wildman–Crippen LogP) is 2.57. The van der Waals surface area contributed by atoms with Crippen molar-refractivity contribution in [3.8, 4) is 0 Å². The van der Waals surface area contributed by atoms with E-state index in [1.54, 1.807) is 12.1 Å². The average Bonchev–Trinajstić information content (AvgIpc) is 2.40. The van der Waals surface area contributed by atoms with E-state index in [1.807, 2.05) is 20.0 Å². The Morgan fingerprint density at radius 3 is 2.52 bits per heavy atom. The third-order valence-corrected chi connectivity index (χ3v) is 6.20. The van der Waals surface area contributed by atoms with Crippen LogP contribution in [0, 0.1) is 12.3 Å². The molecule has 21 heavy (non-hydrogen) atoms. The topological polar surface area (TPSA) is 58.2 Å². The van der Waals surface area contributed by atoms with Gasteiger partial charge in [0.25, 0.3) is 0 Å². The van der Waals surface area contributed by atoms with E-state index in [0.29, 0.717) is 18.0 Å². The minimum Gasteiger partial charge on any atom is -0.316 e. The molecular weight excluding hydrogens is 284 g/mol. The van der Waals surface area contributed by atoms with Crippen LogP contribution in [0.1, 0.15) is 43.7 Å². The molecule has 4 nitrogen and oxygen atoms in total. The van der Waals surface area contributed by atoms with Crippen molar-refractivity contribution >= 4 is 10.0 Å². The number of aryl methyl sites for hydroxylation is 1. The average molecular weight is 310 g/mol. The van der Waals surface area contributed by atoms with Crippen molar-refractivity contribution in [2.45, 2.75) is 51.0 Å². The summed E-state index contributed by atoms with van der Waals surface area (Å²) < 4.78 is 27.8. The summed E-state index contributed by atoms with van der Waals surface area (Å²) >= 11 is 0. The molecule has 2 rings (SSSR count). The van der Waals surface area contributed by atoms with Gasteiger partial charge in [0.05, 0.1) is 4.90 Å². The lowest BCUT2D eigenvalue weighted by atomic mass is 9.67. The summed E-state index contributed by atoms with van der Waals surface area (Å²) in [5, 5.41) is 3.07. The molecule has 0 heterocycles. The van der Waals surface area contributed by atoms with E-state index in [2.05, 4.69) is 17.0 Å². The van der Waals surface area contributed by atoms with E-state index in [0.717, 1.165) is 30.4 Å². The fourth-order valence-corrected chi connectivity index (χ4v) is 4.07. The summed E-state index contributed by atoms with van der Waals surface area (Å²) in [5.41, 5.74) is 2.31. The van der Waals surface area contributed by atoms with Crippen LogP contribution in [-0.2, 0) is 16.6 Å². The van der Waals surface area contributed by atoms with Gasteiger partial charge in [-0.05, 0) is 61.9 Å². The Kier molecular flexibility index (Phi) is 5.07. The van der Waals surface area contributed by atoms with Gasteiger partial charge in [-0.1, -0.05) is 19.4 Å². The highest BCUT2D eigenvalue weighted by atomic mass is 32.2. The number of rotatable bonds is 7. The molecule has 2 N–H and O–H groups in total. The van der Waals surface area contributed by atoms with Gasteiger partial charge >= 0.3 is 0 Å². The molecule has 1 aliphatic rings. The number of benzene rings is 1. The number of hydrogen-bond donors (Lipinski definition) is 2. The van der Waals surface area contributed by atoms with Crippen LogP contribution in [0.25, 0.3) is 0 Å². The van der Waals surface area contributed by atoms with Crippen molar-refractivity contribution in [3.63, 3.8) is 0 Å². The van der Waals surface area contributed by atoms with Gasteiger partial charge in [-0.2, -0.15) is 0 Å². The van der Waals surface area contributed by atoms with Crippen LogP contribution in [0.4, 0.5) is 0 Å². The Bertz CT molecular complexity index is 587. The lowest BCUT2D eigenvalue weighted by molar-refractivity contribution is 0.133.